The Hall–Kier alpha value is -1.27. The molecule has 0 aliphatic heterocycles. The maximum Gasteiger partial charge on any atom is 0.251 e. The molecule has 0 saturated heterocycles. The molecule has 1 amide bonds. The quantitative estimate of drug-likeness (QED) is 0.884. The van der Waals surface area contributed by atoms with Crippen molar-refractivity contribution in [2.24, 2.45) is 0 Å². The Morgan fingerprint density at radius 1 is 1.56 bits per heavy atom. The number of nitrogens with one attached hydrogen (secondary N) is 1. The van der Waals surface area contributed by atoms with Crippen molar-refractivity contribution in [3.05, 3.63) is 45.1 Å². The molecule has 0 fully saturated rings. The Kier molecular flexibility index (Phi) is 3.63. The van der Waals surface area contributed by atoms with Gasteiger partial charge in [-0.15, -0.1) is 11.3 Å². The number of carbonyl (C=O) groups excluding carboxylic acids is 1. The molecule has 0 radical (unpaired) electrons. The van der Waals surface area contributed by atoms with Gasteiger partial charge in [0.05, 0.1) is 12.1 Å². The van der Waals surface area contributed by atoms with Crippen LogP contribution in [-0.2, 0) is 6.54 Å². The first-order valence-corrected chi connectivity index (χ1v) is 6.20. The molecule has 0 aliphatic rings. The van der Waals surface area contributed by atoms with Crippen LogP contribution in [0.15, 0.2) is 34.6 Å². The fraction of sp³-hybridized carbons (Fsp3) is 0.100. The van der Waals surface area contributed by atoms with Gasteiger partial charge in [0, 0.05) is 22.8 Å². The van der Waals surface area contributed by atoms with Gasteiger partial charge in [0.1, 0.15) is 4.60 Å². The summed E-state index contributed by atoms with van der Waals surface area (Å²) in [5.41, 5.74) is 2.33. The predicted molar refractivity (Wildman–Crippen MR) is 65.2 cm³/mol. The fourth-order valence-electron chi connectivity index (χ4n) is 1.14. The van der Waals surface area contributed by atoms with E-state index in [1.54, 1.807) is 30.0 Å². The topological polar surface area (TPSA) is 54.9 Å². The summed E-state index contributed by atoms with van der Waals surface area (Å²) in [5, 5.41) is 2.81. The molecule has 0 atom stereocenters. The minimum atomic E-state index is -0.114. The number of hydrogen-bond acceptors (Lipinski definition) is 4. The van der Waals surface area contributed by atoms with Gasteiger partial charge in [-0.1, -0.05) is 0 Å². The minimum Gasteiger partial charge on any atom is -0.347 e. The average Bonchev–Trinajstić information content (AvgIpc) is 2.78. The molecule has 0 aliphatic carbocycles. The summed E-state index contributed by atoms with van der Waals surface area (Å²) in [6.07, 6.45) is 3.33. The van der Waals surface area contributed by atoms with E-state index in [1.807, 2.05) is 0 Å². The summed E-state index contributed by atoms with van der Waals surface area (Å²) in [6, 6.07) is 3.36. The molecule has 1 N–H and O–H groups in total. The molecular weight excluding hydrogens is 290 g/mol. The van der Waals surface area contributed by atoms with Crippen molar-refractivity contribution in [1.29, 1.82) is 0 Å². The van der Waals surface area contributed by atoms with E-state index in [9.17, 15) is 4.79 Å². The summed E-state index contributed by atoms with van der Waals surface area (Å²) in [5.74, 6) is -0.114. The van der Waals surface area contributed by atoms with Crippen LogP contribution < -0.4 is 5.32 Å². The molecular formula is C10H8BrN3OS. The van der Waals surface area contributed by atoms with Crippen LogP contribution in [0.5, 0.6) is 0 Å². The number of hydrogen-bond donors (Lipinski definition) is 1. The van der Waals surface area contributed by atoms with E-state index in [1.165, 1.54) is 11.3 Å². The van der Waals surface area contributed by atoms with Crippen molar-refractivity contribution < 1.29 is 4.79 Å². The number of pyridine rings is 1. The lowest BCUT2D eigenvalue weighted by molar-refractivity contribution is 0.0951. The molecule has 0 spiro atoms. The number of thiazole rings is 1. The number of halogens is 1. The Bertz CT molecular complexity index is 487. The second kappa shape index (κ2) is 5.18. The number of carbonyl (C=O) groups is 1. The van der Waals surface area contributed by atoms with Gasteiger partial charge in [0.25, 0.3) is 5.91 Å². The maximum absolute atomic E-state index is 11.7. The first-order valence-electron chi connectivity index (χ1n) is 4.53. The molecule has 82 valence electrons. The number of nitrogens with zero attached hydrogens (tertiary/aromatic N) is 2. The van der Waals surface area contributed by atoms with E-state index >= 15 is 0 Å². The molecule has 2 heterocycles. The molecule has 2 rings (SSSR count). The van der Waals surface area contributed by atoms with Crippen LogP contribution in [0.2, 0.25) is 0 Å². The molecule has 4 nitrogen and oxygen atoms in total. The normalized spacial score (nSPS) is 10.1. The average molecular weight is 298 g/mol. The Balaban J connectivity index is 1.98. The van der Waals surface area contributed by atoms with Gasteiger partial charge in [-0.2, -0.15) is 0 Å². The van der Waals surface area contributed by atoms with Crippen LogP contribution >= 0.6 is 27.3 Å². The summed E-state index contributed by atoms with van der Waals surface area (Å²) in [7, 11) is 0. The SMILES string of the molecule is O=C(NCc1cncs1)c1ccnc(Br)c1. The highest BCUT2D eigenvalue weighted by Crippen LogP contribution is 2.09. The zero-order valence-electron chi connectivity index (χ0n) is 8.18. The first kappa shape index (κ1) is 11.2. The minimum absolute atomic E-state index is 0.114. The van der Waals surface area contributed by atoms with Gasteiger partial charge in [-0.05, 0) is 28.1 Å². The van der Waals surface area contributed by atoms with Crippen molar-refractivity contribution in [2.45, 2.75) is 6.54 Å². The summed E-state index contributed by atoms with van der Waals surface area (Å²) >= 11 is 4.74. The lowest BCUT2D eigenvalue weighted by atomic mass is 10.2. The molecule has 0 saturated carbocycles. The summed E-state index contributed by atoms with van der Waals surface area (Å²) in [4.78, 5) is 20.6. The third kappa shape index (κ3) is 2.86. The third-order valence-corrected chi connectivity index (χ3v) is 3.11. The van der Waals surface area contributed by atoms with Gasteiger partial charge in [-0.3, -0.25) is 9.78 Å². The fourth-order valence-corrected chi connectivity index (χ4v) is 2.04. The van der Waals surface area contributed by atoms with Crippen LogP contribution in [0, 0.1) is 0 Å². The van der Waals surface area contributed by atoms with Crippen LogP contribution in [0.3, 0.4) is 0 Å². The number of rotatable bonds is 3. The van der Waals surface area contributed by atoms with Gasteiger partial charge in [0.15, 0.2) is 0 Å². The highest BCUT2D eigenvalue weighted by atomic mass is 79.9. The summed E-state index contributed by atoms with van der Waals surface area (Å²) < 4.78 is 0.651. The molecule has 0 aromatic carbocycles. The lowest BCUT2D eigenvalue weighted by Gasteiger charge is -2.03. The maximum atomic E-state index is 11.7. The van der Waals surface area contributed by atoms with Gasteiger partial charge < -0.3 is 5.32 Å². The van der Waals surface area contributed by atoms with Crippen LogP contribution in [0.4, 0.5) is 0 Å². The Labute approximate surface area is 105 Å². The van der Waals surface area contributed by atoms with Crippen LogP contribution in [0.1, 0.15) is 15.2 Å². The van der Waals surface area contributed by atoms with E-state index in [4.69, 9.17) is 0 Å². The number of amides is 1. The van der Waals surface area contributed by atoms with Crippen LogP contribution in [-0.4, -0.2) is 15.9 Å². The first-order chi connectivity index (χ1) is 7.75. The molecule has 16 heavy (non-hydrogen) atoms. The summed E-state index contributed by atoms with van der Waals surface area (Å²) in [6.45, 7) is 0.503. The molecule has 6 heteroatoms. The zero-order chi connectivity index (χ0) is 11.4. The van der Waals surface area contributed by atoms with Crippen molar-refractivity contribution in [3.63, 3.8) is 0 Å². The largest absolute Gasteiger partial charge is 0.347 e. The second-order valence-corrected chi connectivity index (χ2v) is 4.80. The predicted octanol–water partition coefficient (Wildman–Crippen LogP) is 2.23. The second-order valence-electron chi connectivity index (χ2n) is 3.02. The van der Waals surface area contributed by atoms with E-state index in [2.05, 4.69) is 31.2 Å². The van der Waals surface area contributed by atoms with Crippen molar-refractivity contribution in [2.75, 3.05) is 0 Å². The monoisotopic (exact) mass is 297 g/mol. The van der Waals surface area contributed by atoms with Crippen LogP contribution in [0.25, 0.3) is 0 Å². The Morgan fingerprint density at radius 2 is 2.44 bits per heavy atom. The van der Waals surface area contributed by atoms with E-state index in [0.717, 1.165) is 4.88 Å². The number of aromatic nitrogens is 2. The van der Waals surface area contributed by atoms with Crippen molar-refractivity contribution >= 4 is 33.2 Å². The standard InChI is InChI=1S/C10H8BrN3OS/c11-9-3-7(1-2-13-9)10(15)14-5-8-4-12-6-16-8/h1-4,6H,5H2,(H,14,15). The van der Waals surface area contributed by atoms with E-state index < -0.39 is 0 Å². The smallest absolute Gasteiger partial charge is 0.251 e. The van der Waals surface area contributed by atoms with Crippen molar-refractivity contribution in [3.8, 4) is 0 Å². The zero-order valence-corrected chi connectivity index (χ0v) is 10.6. The highest BCUT2D eigenvalue weighted by molar-refractivity contribution is 9.10. The van der Waals surface area contributed by atoms with Crippen molar-refractivity contribution in [1.82, 2.24) is 15.3 Å². The molecule has 0 bridgehead atoms. The van der Waals surface area contributed by atoms with Gasteiger partial charge >= 0.3 is 0 Å². The van der Waals surface area contributed by atoms with E-state index in [0.29, 0.717) is 16.7 Å². The highest BCUT2D eigenvalue weighted by Gasteiger charge is 2.06. The molecule has 2 aromatic heterocycles. The molecule has 2 aromatic rings. The third-order valence-electron chi connectivity index (χ3n) is 1.90. The van der Waals surface area contributed by atoms with E-state index in [-0.39, 0.29) is 5.91 Å². The Morgan fingerprint density at radius 3 is 3.12 bits per heavy atom. The van der Waals surface area contributed by atoms with Gasteiger partial charge in [0.2, 0.25) is 0 Å². The lowest BCUT2D eigenvalue weighted by Crippen LogP contribution is -2.22. The van der Waals surface area contributed by atoms with Gasteiger partial charge in [-0.25, -0.2) is 4.98 Å². The molecule has 0 unspecified atom stereocenters.